The second-order valence-corrected chi connectivity index (χ2v) is 8.26. The van der Waals surface area contributed by atoms with E-state index in [1.54, 1.807) is 41.3 Å². The topological polar surface area (TPSA) is 61.8 Å². The molecule has 0 atom stereocenters. The van der Waals surface area contributed by atoms with Gasteiger partial charge in [0.15, 0.2) is 0 Å². The third-order valence-corrected chi connectivity index (χ3v) is 5.93. The molecule has 2 aromatic rings. The first-order chi connectivity index (χ1) is 13.8. The van der Waals surface area contributed by atoms with Crippen LogP contribution in [-0.2, 0) is 4.79 Å². The molecule has 2 amide bonds. The number of hydrazone groups is 1. The zero-order valence-corrected chi connectivity index (χ0v) is 18.2. The molecule has 0 unspecified atom stereocenters. The predicted molar refractivity (Wildman–Crippen MR) is 117 cm³/mol. The van der Waals surface area contributed by atoms with E-state index < -0.39 is 0 Å². The largest absolute Gasteiger partial charge is 0.339 e. The zero-order chi connectivity index (χ0) is 21.0. The van der Waals surface area contributed by atoms with Gasteiger partial charge in [-0.2, -0.15) is 5.10 Å². The van der Waals surface area contributed by atoms with Gasteiger partial charge in [0.25, 0.3) is 5.91 Å². The average molecular weight is 473 g/mol. The molecule has 1 aliphatic heterocycles. The molecule has 0 bridgehead atoms. The second-order valence-electron chi connectivity index (χ2n) is 6.60. The Hall–Kier alpha value is -1.79. The van der Waals surface area contributed by atoms with E-state index in [4.69, 9.17) is 46.4 Å². The van der Waals surface area contributed by atoms with Crippen LogP contribution in [0.2, 0.25) is 20.1 Å². The minimum Gasteiger partial charge on any atom is -0.339 e. The normalized spacial score (nSPS) is 15.0. The van der Waals surface area contributed by atoms with Gasteiger partial charge < -0.3 is 4.90 Å². The highest BCUT2D eigenvalue weighted by Crippen LogP contribution is 2.25. The van der Waals surface area contributed by atoms with Gasteiger partial charge in [-0.25, -0.2) is 5.43 Å². The molecule has 1 heterocycles. The number of rotatable bonds is 4. The number of carbonyl (C=O) groups is 2. The van der Waals surface area contributed by atoms with Crippen LogP contribution >= 0.6 is 46.4 Å². The summed E-state index contributed by atoms with van der Waals surface area (Å²) >= 11 is 23.8. The van der Waals surface area contributed by atoms with Crippen molar-refractivity contribution < 1.29 is 9.59 Å². The number of carbonyl (C=O) groups excluding carboxylic acids is 2. The fourth-order valence-electron chi connectivity index (χ4n) is 3.03. The molecule has 9 heteroatoms. The molecule has 152 valence electrons. The van der Waals surface area contributed by atoms with Crippen LogP contribution in [0.3, 0.4) is 0 Å². The smallest absolute Gasteiger partial charge is 0.255 e. The van der Waals surface area contributed by atoms with Crippen molar-refractivity contribution in [1.82, 2.24) is 10.3 Å². The van der Waals surface area contributed by atoms with Crippen molar-refractivity contribution in [2.45, 2.75) is 12.8 Å². The number of piperidine rings is 1. The highest BCUT2D eigenvalue weighted by Gasteiger charge is 2.28. The van der Waals surface area contributed by atoms with Crippen molar-refractivity contribution in [3.63, 3.8) is 0 Å². The van der Waals surface area contributed by atoms with Crippen molar-refractivity contribution in [3.8, 4) is 0 Å². The number of amides is 2. The Morgan fingerprint density at radius 3 is 2.34 bits per heavy atom. The lowest BCUT2D eigenvalue weighted by Gasteiger charge is -2.31. The van der Waals surface area contributed by atoms with Crippen LogP contribution < -0.4 is 5.43 Å². The van der Waals surface area contributed by atoms with Gasteiger partial charge in [-0.05, 0) is 48.7 Å². The summed E-state index contributed by atoms with van der Waals surface area (Å²) in [5.74, 6) is -0.563. The van der Waals surface area contributed by atoms with Crippen LogP contribution in [-0.4, -0.2) is 36.0 Å². The van der Waals surface area contributed by atoms with E-state index in [9.17, 15) is 9.59 Å². The molecule has 0 spiro atoms. The SMILES string of the molecule is O=C(N/N=C\c1ccc(Cl)c(Cl)c1)C1CCN(C(=O)c2ccc(Cl)cc2Cl)CC1. The summed E-state index contributed by atoms with van der Waals surface area (Å²) in [6, 6.07) is 9.85. The standard InChI is InChI=1S/C20H17Cl4N3O2/c21-14-2-3-15(17(23)10-14)20(29)27-7-5-13(6-8-27)19(28)26-25-11-12-1-4-16(22)18(24)9-12/h1-4,9-11,13H,5-8H2,(H,26,28)/b25-11-. The first kappa shape index (κ1) is 21.9. The molecule has 1 N–H and O–H groups in total. The van der Waals surface area contributed by atoms with E-state index in [0.29, 0.717) is 51.6 Å². The summed E-state index contributed by atoms with van der Waals surface area (Å²) in [6.45, 7) is 0.929. The fraction of sp³-hybridized carbons (Fsp3) is 0.250. The van der Waals surface area contributed by atoms with Gasteiger partial charge in [0.2, 0.25) is 5.91 Å². The van der Waals surface area contributed by atoms with E-state index >= 15 is 0 Å². The Balaban J connectivity index is 1.52. The summed E-state index contributed by atoms with van der Waals surface area (Å²) < 4.78 is 0. The van der Waals surface area contributed by atoms with Gasteiger partial charge in [0, 0.05) is 24.0 Å². The molecule has 1 fully saturated rings. The molecule has 29 heavy (non-hydrogen) atoms. The lowest BCUT2D eigenvalue weighted by molar-refractivity contribution is -0.126. The number of nitrogens with zero attached hydrogens (tertiary/aromatic N) is 2. The molecule has 2 aromatic carbocycles. The maximum absolute atomic E-state index is 12.6. The summed E-state index contributed by atoms with van der Waals surface area (Å²) in [4.78, 5) is 26.7. The molecule has 0 radical (unpaired) electrons. The van der Waals surface area contributed by atoms with Gasteiger partial charge in [0.1, 0.15) is 0 Å². The summed E-state index contributed by atoms with van der Waals surface area (Å²) in [5, 5.41) is 5.64. The summed E-state index contributed by atoms with van der Waals surface area (Å²) in [6.07, 6.45) is 2.59. The second kappa shape index (κ2) is 9.81. The molecular formula is C20H17Cl4N3O2. The lowest BCUT2D eigenvalue weighted by Crippen LogP contribution is -2.42. The van der Waals surface area contributed by atoms with Crippen LogP contribution in [0.5, 0.6) is 0 Å². The summed E-state index contributed by atoms with van der Waals surface area (Å²) in [5.41, 5.74) is 3.67. The lowest BCUT2D eigenvalue weighted by atomic mass is 9.95. The molecular weight excluding hydrogens is 456 g/mol. The van der Waals surface area contributed by atoms with Gasteiger partial charge in [-0.3, -0.25) is 9.59 Å². The Morgan fingerprint density at radius 2 is 1.69 bits per heavy atom. The number of halogens is 4. The highest BCUT2D eigenvalue weighted by molar-refractivity contribution is 6.42. The Morgan fingerprint density at radius 1 is 0.966 bits per heavy atom. The van der Waals surface area contributed by atoms with Gasteiger partial charge >= 0.3 is 0 Å². The fourth-order valence-corrected chi connectivity index (χ4v) is 3.83. The molecule has 0 aliphatic carbocycles. The molecule has 1 aliphatic rings. The monoisotopic (exact) mass is 471 g/mol. The molecule has 5 nitrogen and oxygen atoms in total. The van der Waals surface area contributed by atoms with E-state index in [-0.39, 0.29) is 17.7 Å². The Bertz CT molecular complexity index is 957. The van der Waals surface area contributed by atoms with Crippen LogP contribution in [0.1, 0.15) is 28.8 Å². The quantitative estimate of drug-likeness (QED) is 0.484. The number of nitrogens with one attached hydrogen (secondary N) is 1. The molecule has 3 rings (SSSR count). The van der Waals surface area contributed by atoms with Gasteiger partial charge in [0.05, 0.1) is 26.8 Å². The van der Waals surface area contributed by atoms with Crippen LogP contribution in [0.15, 0.2) is 41.5 Å². The van der Waals surface area contributed by atoms with E-state index in [1.165, 1.54) is 6.21 Å². The molecule has 1 saturated heterocycles. The van der Waals surface area contributed by atoms with Crippen LogP contribution in [0.4, 0.5) is 0 Å². The number of benzene rings is 2. The average Bonchev–Trinajstić information content (AvgIpc) is 2.70. The third kappa shape index (κ3) is 5.64. The minimum atomic E-state index is -0.217. The first-order valence-corrected chi connectivity index (χ1v) is 10.4. The molecule has 0 aromatic heterocycles. The zero-order valence-electron chi connectivity index (χ0n) is 15.2. The van der Waals surface area contributed by atoms with Crippen molar-refractivity contribution >= 4 is 64.4 Å². The number of hydrogen-bond acceptors (Lipinski definition) is 3. The van der Waals surface area contributed by atoms with Crippen molar-refractivity contribution in [2.24, 2.45) is 11.0 Å². The summed E-state index contributed by atoms with van der Waals surface area (Å²) in [7, 11) is 0. The first-order valence-electron chi connectivity index (χ1n) is 8.87. The Kier molecular flexibility index (Phi) is 7.41. The highest BCUT2D eigenvalue weighted by atomic mass is 35.5. The number of hydrogen-bond donors (Lipinski definition) is 1. The van der Waals surface area contributed by atoms with E-state index in [0.717, 1.165) is 5.56 Å². The minimum absolute atomic E-state index is 0.164. The van der Waals surface area contributed by atoms with Crippen LogP contribution in [0.25, 0.3) is 0 Å². The van der Waals surface area contributed by atoms with Crippen LogP contribution in [0, 0.1) is 5.92 Å². The third-order valence-electron chi connectivity index (χ3n) is 4.65. The van der Waals surface area contributed by atoms with Crippen molar-refractivity contribution in [2.75, 3.05) is 13.1 Å². The maximum atomic E-state index is 12.6. The van der Waals surface area contributed by atoms with Crippen molar-refractivity contribution in [1.29, 1.82) is 0 Å². The van der Waals surface area contributed by atoms with Gasteiger partial charge in [-0.1, -0.05) is 52.5 Å². The predicted octanol–water partition coefficient (Wildman–Crippen LogP) is 5.30. The molecule has 0 saturated carbocycles. The van der Waals surface area contributed by atoms with Crippen molar-refractivity contribution in [3.05, 3.63) is 67.6 Å². The van der Waals surface area contributed by atoms with E-state index in [1.807, 2.05) is 0 Å². The Labute approximate surface area is 188 Å². The maximum Gasteiger partial charge on any atom is 0.255 e. The number of likely N-dealkylation sites (tertiary alicyclic amines) is 1. The van der Waals surface area contributed by atoms with Gasteiger partial charge in [-0.15, -0.1) is 0 Å². The van der Waals surface area contributed by atoms with E-state index in [2.05, 4.69) is 10.5 Å².